The molecule has 0 saturated carbocycles. The Morgan fingerprint density at radius 2 is 0.603 bits per heavy atom. The summed E-state index contributed by atoms with van der Waals surface area (Å²) in [6.07, 6.45) is 0. The lowest BCUT2D eigenvalue weighted by molar-refractivity contribution is 1.13. The molecule has 3 nitrogen and oxygen atoms in total. The second-order valence-electron chi connectivity index (χ2n) is 16.5. The van der Waals surface area contributed by atoms with Gasteiger partial charge in [-0.15, -0.1) is 0 Å². The predicted octanol–water partition coefficient (Wildman–Crippen LogP) is 16.0. The molecule has 0 saturated heterocycles. The Balaban J connectivity index is 1.11. The van der Waals surface area contributed by atoms with Crippen molar-refractivity contribution in [3.8, 4) is 50.4 Å². The highest BCUT2D eigenvalue weighted by Gasteiger charge is 2.23. The van der Waals surface area contributed by atoms with E-state index in [-0.39, 0.29) is 0 Å². The van der Waals surface area contributed by atoms with Gasteiger partial charge in [-0.25, -0.2) is 0 Å². The van der Waals surface area contributed by atoms with E-state index in [2.05, 4.69) is 250 Å². The molecule has 13 rings (SSSR count). The van der Waals surface area contributed by atoms with Gasteiger partial charge in [0.2, 0.25) is 0 Å². The minimum Gasteiger partial charge on any atom is -0.309 e. The quantitative estimate of drug-likeness (QED) is 0.159. The molecular weight excluding hydrogens is 763 g/mol. The number of rotatable bonds is 6. The van der Waals surface area contributed by atoms with Crippen molar-refractivity contribution in [3.05, 3.63) is 237 Å². The topological polar surface area (TPSA) is 14.8 Å². The maximum Gasteiger partial charge on any atom is 0.0782 e. The fourth-order valence-corrected chi connectivity index (χ4v) is 10.3. The van der Waals surface area contributed by atoms with E-state index in [1.807, 2.05) is 0 Å². The summed E-state index contributed by atoms with van der Waals surface area (Å²) in [7, 11) is 0. The van der Waals surface area contributed by atoms with E-state index < -0.39 is 0 Å². The standard InChI is InChI=1S/C60H39N3/c1-3-18-40(19-4-1)42-22-15-23-43(36-42)45-37-44(41-20-5-2-6-21-41)38-46(39-45)61-52-29-11-9-26-49(52)50-28-16-35-58(60(50)61)63-55-32-14-10-27-51(55)59-56(33-17-34-57(59)63)62-53-30-12-7-24-47(53)48-25-8-13-31-54(48)62/h1-39H. The van der Waals surface area contributed by atoms with Crippen LogP contribution in [0.15, 0.2) is 237 Å². The van der Waals surface area contributed by atoms with Crippen LogP contribution >= 0.6 is 0 Å². The second-order valence-corrected chi connectivity index (χ2v) is 16.5. The Morgan fingerprint density at radius 1 is 0.222 bits per heavy atom. The average molecular weight is 802 g/mol. The molecule has 0 fully saturated rings. The van der Waals surface area contributed by atoms with Crippen LogP contribution in [0.25, 0.3) is 116 Å². The first-order valence-electron chi connectivity index (χ1n) is 21.7. The van der Waals surface area contributed by atoms with E-state index in [4.69, 9.17) is 0 Å². The molecule has 0 bridgehead atoms. The van der Waals surface area contributed by atoms with E-state index in [0.29, 0.717) is 0 Å². The van der Waals surface area contributed by atoms with Crippen molar-refractivity contribution in [2.75, 3.05) is 0 Å². The summed E-state index contributed by atoms with van der Waals surface area (Å²) in [4.78, 5) is 0. The zero-order valence-corrected chi connectivity index (χ0v) is 34.4. The number of para-hydroxylation sites is 5. The minimum atomic E-state index is 1.11. The zero-order chi connectivity index (χ0) is 41.4. The monoisotopic (exact) mass is 801 g/mol. The SMILES string of the molecule is c1ccc(-c2cccc(-c3cc(-c4ccccc4)cc(-n4c5ccccc5c5cccc(-n6c7ccccc7c7c(-n8c9ccccc9c9ccccc98)cccc76)c54)c3)c2)cc1. The van der Waals surface area contributed by atoms with Crippen molar-refractivity contribution in [3.63, 3.8) is 0 Å². The maximum absolute atomic E-state index is 2.51. The van der Waals surface area contributed by atoms with E-state index >= 15 is 0 Å². The Kier molecular flexibility index (Phi) is 7.91. The summed E-state index contributed by atoms with van der Waals surface area (Å²) in [6.45, 7) is 0. The van der Waals surface area contributed by atoms with Crippen LogP contribution in [0.4, 0.5) is 0 Å². The van der Waals surface area contributed by atoms with Gasteiger partial charge in [0, 0.05) is 38.0 Å². The first-order valence-corrected chi connectivity index (χ1v) is 21.7. The van der Waals surface area contributed by atoms with Crippen molar-refractivity contribution < 1.29 is 0 Å². The van der Waals surface area contributed by atoms with Gasteiger partial charge < -0.3 is 13.7 Å². The minimum absolute atomic E-state index is 1.11. The summed E-state index contributed by atoms with van der Waals surface area (Å²) in [5.41, 5.74) is 17.6. The molecule has 63 heavy (non-hydrogen) atoms. The van der Waals surface area contributed by atoms with Gasteiger partial charge >= 0.3 is 0 Å². The third kappa shape index (κ3) is 5.46. The highest BCUT2D eigenvalue weighted by atomic mass is 15.1. The normalized spacial score (nSPS) is 11.8. The van der Waals surface area contributed by atoms with E-state index in [1.54, 1.807) is 0 Å². The molecule has 0 aliphatic rings. The van der Waals surface area contributed by atoms with E-state index in [0.717, 1.165) is 22.4 Å². The zero-order valence-electron chi connectivity index (χ0n) is 34.4. The lowest BCUT2D eigenvalue weighted by atomic mass is 9.95. The van der Waals surface area contributed by atoms with Crippen LogP contribution in [-0.2, 0) is 0 Å². The predicted molar refractivity (Wildman–Crippen MR) is 266 cm³/mol. The van der Waals surface area contributed by atoms with Crippen LogP contribution < -0.4 is 0 Å². The van der Waals surface area contributed by atoms with Crippen LogP contribution in [0.2, 0.25) is 0 Å². The first kappa shape index (κ1) is 35.4. The third-order valence-corrected chi connectivity index (χ3v) is 13.0. The van der Waals surface area contributed by atoms with Crippen LogP contribution in [0.5, 0.6) is 0 Å². The third-order valence-electron chi connectivity index (χ3n) is 13.0. The molecular formula is C60H39N3. The largest absolute Gasteiger partial charge is 0.309 e. The molecule has 10 aromatic carbocycles. The van der Waals surface area contributed by atoms with Crippen molar-refractivity contribution in [1.29, 1.82) is 0 Å². The lowest BCUT2D eigenvalue weighted by Gasteiger charge is -2.17. The molecule has 3 heterocycles. The maximum atomic E-state index is 2.51. The van der Waals surface area contributed by atoms with E-state index in [9.17, 15) is 0 Å². The summed E-state index contributed by atoms with van der Waals surface area (Å²) in [5, 5.41) is 7.39. The highest BCUT2D eigenvalue weighted by molar-refractivity contribution is 6.18. The molecule has 3 heteroatoms. The molecule has 0 spiro atoms. The van der Waals surface area contributed by atoms with Crippen molar-refractivity contribution >= 4 is 65.4 Å². The number of benzene rings is 10. The first-order chi connectivity index (χ1) is 31.3. The van der Waals surface area contributed by atoms with Gasteiger partial charge in [0.05, 0.1) is 44.5 Å². The molecule has 0 atom stereocenters. The molecule has 0 amide bonds. The van der Waals surface area contributed by atoms with Crippen molar-refractivity contribution in [2.24, 2.45) is 0 Å². The molecule has 0 radical (unpaired) electrons. The Bertz CT molecular complexity index is 3850. The molecule has 13 aromatic rings. The molecule has 0 aliphatic heterocycles. The number of fused-ring (bicyclic) bond motifs is 9. The Labute approximate surface area is 364 Å². The smallest absolute Gasteiger partial charge is 0.0782 e. The molecule has 0 unspecified atom stereocenters. The number of aromatic nitrogens is 3. The van der Waals surface area contributed by atoms with Gasteiger partial charge in [0.15, 0.2) is 0 Å². The molecule has 0 aliphatic carbocycles. The van der Waals surface area contributed by atoms with Crippen LogP contribution in [0.3, 0.4) is 0 Å². The van der Waals surface area contributed by atoms with Gasteiger partial charge in [-0.1, -0.05) is 170 Å². The van der Waals surface area contributed by atoms with Gasteiger partial charge in [-0.3, -0.25) is 0 Å². The van der Waals surface area contributed by atoms with Crippen LogP contribution in [-0.4, -0.2) is 13.7 Å². The Hall–Kier alpha value is -8.40. The van der Waals surface area contributed by atoms with Gasteiger partial charge in [0.1, 0.15) is 0 Å². The highest BCUT2D eigenvalue weighted by Crippen LogP contribution is 2.44. The lowest BCUT2D eigenvalue weighted by Crippen LogP contribution is -2.01. The summed E-state index contributed by atoms with van der Waals surface area (Å²) in [6, 6.07) is 86.5. The van der Waals surface area contributed by atoms with Gasteiger partial charge in [-0.2, -0.15) is 0 Å². The molecule has 0 N–H and O–H groups in total. The second kappa shape index (κ2) is 14.1. The van der Waals surface area contributed by atoms with Gasteiger partial charge in [-0.05, 0) is 100 Å². The summed E-state index contributed by atoms with van der Waals surface area (Å²) < 4.78 is 7.48. The van der Waals surface area contributed by atoms with E-state index in [1.165, 1.54) is 93.5 Å². The molecule has 3 aromatic heterocycles. The number of hydrogen-bond donors (Lipinski definition) is 0. The summed E-state index contributed by atoms with van der Waals surface area (Å²) >= 11 is 0. The fraction of sp³-hybridized carbons (Fsp3) is 0. The van der Waals surface area contributed by atoms with Gasteiger partial charge in [0.25, 0.3) is 0 Å². The summed E-state index contributed by atoms with van der Waals surface area (Å²) in [5.74, 6) is 0. The fourth-order valence-electron chi connectivity index (χ4n) is 10.3. The number of hydrogen-bond acceptors (Lipinski definition) is 0. The van der Waals surface area contributed by atoms with Crippen LogP contribution in [0.1, 0.15) is 0 Å². The van der Waals surface area contributed by atoms with Crippen molar-refractivity contribution in [1.82, 2.24) is 13.7 Å². The molecule has 294 valence electrons. The Morgan fingerprint density at radius 3 is 1.25 bits per heavy atom. The van der Waals surface area contributed by atoms with Crippen LogP contribution in [0, 0.1) is 0 Å². The van der Waals surface area contributed by atoms with Crippen molar-refractivity contribution in [2.45, 2.75) is 0 Å². The number of nitrogens with zero attached hydrogens (tertiary/aromatic N) is 3. The average Bonchev–Trinajstić information content (AvgIpc) is 4.01.